The number of ether oxygens (including phenoxy) is 1. The van der Waals surface area contributed by atoms with E-state index in [1.807, 2.05) is 24.3 Å². The maximum atomic E-state index is 10.6. The number of benzene rings is 1. The van der Waals surface area contributed by atoms with Gasteiger partial charge in [0, 0.05) is 0 Å². The van der Waals surface area contributed by atoms with Gasteiger partial charge in [-0.15, -0.1) is 4.91 Å². The molecule has 0 N–H and O–H groups in total. The molecule has 0 heterocycles. The highest BCUT2D eigenvalue weighted by molar-refractivity contribution is 5.49. The molecule has 1 aliphatic carbocycles. The molecule has 0 amide bonds. The average molecular weight is 192 g/mol. The van der Waals surface area contributed by atoms with Gasteiger partial charge < -0.3 is 4.74 Å². The van der Waals surface area contributed by atoms with Crippen molar-refractivity contribution >= 4 is 5.69 Å². The minimum Gasteiger partial charge on any atom is -0.497 e. The van der Waals surface area contributed by atoms with Gasteiger partial charge in [0.05, 0.1) is 24.1 Å². The first-order chi connectivity index (χ1) is 6.85. The summed E-state index contributed by atoms with van der Waals surface area (Å²) in [6.45, 7) is 0. The first kappa shape index (κ1) is 8.99. The van der Waals surface area contributed by atoms with E-state index < -0.39 is 0 Å². The quantitative estimate of drug-likeness (QED) is 0.543. The van der Waals surface area contributed by atoms with Gasteiger partial charge in [-0.3, -0.25) is 0 Å². The van der Waals surface area contributed by atoms with Crippen LogP contribution in [0.4, 0.5) is 5.69 Å². The predicted octanol–water partition coefficient (Wildman–Crippen LogP) is 2.35. The lowest BCUT2D eigenvalue weighted by Crippen LogP contribution is -2.17. The molecule has 74 valence electrons. The van der Waals surface area contributed by atoms with E-state index in [9.17, 15) is 4.91 Å². The van der Waals surface area contributed by atoms with Crippen molar-refractivity contribution in [2.24, 2.45) is 5.29 Å². The van der Waals surface area contributed by atoms with Crippen molar-refractivity contribution in [1.82, 2.24) is 0 Å². The van der Waals surface area contributed by atoms with Crippen molar-refractivity contribution in [3.05, 3.63) is 29.2 Å². The molecule has 1 fully saturated rings. The molecule has 4 nitrogen and oxygen atoms in total. The van der Waals surface area contributed by atoms with Crippen LogP contribution in [0.1, 0.15) is 12.8 Å². The minimum atomic E-state index is 0.306. The molecule has 0 saturated heterocycles. The molecule has 0 unspecified atom stereocenters. The lowest BCUT2D eigenvalue weighted by molar-refractivity contribution is 0.415. The van der Waals surface area contributed by atoms with Crippen LogP contribution in [0.5, 0.6) is 5.75 Å². The fourth-order valence-electron chi connectivity index (χ4n) is 1.38. The minimum absolute atomic E-state index is 0.306. The molecule has 0 radical (unpaired) electrons. The van der Waals surface area contributed by atoms with Crippen molar-refractivity contribution < 1.29 is 4.74 Å². The molecule has 0 atom stereocenters. The van der Waals surface area contributed by atoms with Gasteiger partial charge in [-0.2, -0.15) is 0 Å². The third-order valence-corrected chi connectivity index (χ3v) is 2.32. The molecule has 0 aliphatic heterocycles. The summed E-state index contributed by atoms with van der Waals surface area (Å²) in [6.07, 6.45) is 2.11. The molecule has 0 aromatic heterocycles. The van der Waals surface area contributed by atoms with Crippen molar-refractivity contribution in [3.63, 3.8) is 0 Å². The van der Waals surface area contributed by atoms with Gasteiger partial charge in [0.1, 0.15) is 5.75 Å². The van der Waals surface area contributed by atoms with Crippen LogP contribution in [0.3, 0.4) is 0 Å². The zero-order valence-electron chi connectivity index (χ0n) is 8.01. The van der Waals surface area contributed by atoms with E-state index in [4.69, 9.17) is 4.74 Å². The van der Waals surface area contributed by atoms with Crippen molar-refractivity contribution in [2.75, 3.05) is 12.1 Å². The highest BCUT2D eigenvalue weighted by atomic mass is 16.5. The Kier molecular flexibility index (Phi) is 2.35. The summed E-state index contributed by atoms with van der Waals surface area (Å²) in [4.78, 5) is 10.6. The fraction of sp³-hybridized carbons (Fsp3) is 0.400. The number of hydrogen-bond donors (Lipinski definition) is 0. The Morgan fingerprint density at radius 3 is 2.43 bits per heavy atom. The molecular formula is C10H12N2O2. The largest absolute Gasteiger partial charge is 0.497 e. The van der Waals surface area contributed by atoms with E-state index >= 15 is 0 Å². The maximum absolute atomic E-state index is 10.6. The molecule has 1 aromatic carbocycles. The Balaban J connectivity index is 2.17. The standard InChI is InChI=1S/C10H12N2O2/c1-14-10-6-4-9(5-7-10)12(11-13)8-2-3-8/h4-8H,2-3H2,1H3. The van der Waals surface area contributed by atoms with Gasteiger partial charge in [0.25, 0.3) is 0 Å². The van der Waals surface area contributed by atoms with Gasteiger partial charge in [-0.05, 0) is 37.1 Å². The number of anilines is 1. The molecule has 14 heavy (non-hydrogen) atoms. The zero-order chi connectivity index (χ0) is 9.97. The molecule has 1 saturated carbocycles. The van der Waals surface area contributed by atoms with E-state index in [1.165, 1.54) is 5.01 Å². The average Bonchev–Trinajstić information content (AvgIpc) is 3.04. The molecule has 1 aromatic rings. The summed E-state index contributed by atoms with van der Waals surface area (Å²) in [7, 11) is 1.62. The Hall–Kier alpha value is -1.58. The van der Waals surface area contributed by atoms with E-state index in [-0.39, 0.29) is 0 Å². The van der Waals surface area contributed by atoms with Crippen LogP contribution < -0.4 is 9.75 Å². The number of nitroso groups, excluding NO2 is 1. The number of nitrogens with zero attached hydrogens (tertiary/aromatic N) is 2. The number of hydrogen-bond acceptors (Lipinski definition) is 3. The summed E-state index contributed by atoms with van der Waals surface area (Å²) in [5.74, 6) is 0.787. The van der Waals surface area contributed by atoms with Crippen LogP contribution in [-0.4, -0.2) is 13.2 Å². The van der Waals surface area contributed by atoms with Gasteiger partial charge >= 0.3 is 0 Å². The zero-order valence-corrected chi connectivity index (χ0v) is 8.01. The summed E-state index contributed by atoms with van der Waals surface area (Å²) < 4.78 is 5.03. The Morgan fingerprint density at radius 1 is 1.36 bits per heavy atom. The molecule has 1 aliphatic rings. The topological polar surface area (TPSA) is 41.9 Å². The Morgan fingerprint density at radius 2 is 2.00 bits per heavy atom. The normalized spacial score (nSPS) is 14.9. The second-order valence-electron chi connectivity index (χ2n) is 3.36. The predicted molar refractivity (Wildman–Crippen MR) is 54.3 cm³/mol. The molecule has 2 rings (SSSR count). The molecule has 0 spiro atoms. The maximum Gasteiger partial charge on any atom is 0.119 e. The number of methoxy groups -OCH3 is 1. The fourth-order valence-corrected chi connectivity index (χ4v) is 1.38. The van der Waals surface area contributed by atoms with E-state index in [1.54, 1.807) is 7.11 Å². The van der Waals surface area contributed by atoms with E-state index in [2.05, 4.69) is 5.29 Å². The van der Waals surface area contributed by atoms with Crippen LogP contribution in [0.15, 0.2) is 29.6 Å². The first-order valence-electron chi connectivity index (χ1n) is 4.61. The molecule has 0 bridgehead atoms. The van der Waals surface area contributed by atoms with Gasteiger partial charge in [0.2, 0.25) is 0 Å². The van der Waals surface area contributed by atoms with Crippen molar-refractivity contribution in [3.8, 4) is 5.75 Å². The van der Waals surface area contributed by atoms with Crippen LogP contribution >= 0.6 is 0 Å². The Labute approximate surface area is 82.4 Å². The second-order valence-corrected chi connectivity index (χ2v) is 3.36. The van der Waals surface area contributed by atoms with E-state index in [0.29, 0.717) is 6.04 Å². The van der Waals surface area contributed by atoms with Crippen LogP contribution in [0, 0.1) is 4.91 Å². The van der Waals surface area contributed by atoms with Gasteiger partial charge in [-0.25, -0.2) is 5.01 Å². The van der Waals surface area contributed by atoms with E-state index in [0.717, 1.165) is 24.3 Å². The van der Waals surface area contributed by atoms with Crippen molar-refractivity contribution in [1.29, 1.82) is 0 Å². The van der Waals surface area contributed by atoms with Crippen molar-refractivity contribution in [2.45, 2.75) is 18.9 Å². The highest BCUT2D eigenvalue weighted by Crippen LogP contribution is 2.32. The van der Waals surface area contributed by atoms with Crippen LogP contribution in [-0.2, 0) is 0 Å². The third-order valence-electron chi connectivity index (χ3n) is 2.32. The molecular weight excluding hydrogens is 180 g/mol. The van der Waals surface area contributed by atoms with Gasteiger partial charge in [-0.1, -0.05) is 0 Å². The van der Waals surface area contributed by atoms with Crippen LogP contribution in [0.25, 0.3) is 0 Å². The smallest absolute Gasteiger partial charge is 0.119 e. The summed E-state index contributed by atoms with van der Waals surface area (Å²) in [6, 6.07) is 7.66. The summed E-state index contributed by atoms with van der Waals surface area (Å²) in [5.41, 5.74) is 0.836. The SMILES string of the molecule is COc1ccc(N(N=O)C2CC2)cc1. The summed E-state index contributed by atoms with van der Waals surface area (Å²) >= 11 is 0. The summed E-state index contributed by atoms with van der Waals surface area (Å²) in [5, 5.41) is 4.55. The van der Waals surface area contributed by atoms with Gasteiger partial charge in [0.15, 0.2) is 0 Å². The second kappa shape index (κ2) is 3.65. The van der Waals surface area contributed by atoms with Crippen LogP contribution in [0.2, 0.25) is 0 Å². The number of rotatable bonds is 4. The lowest BCUT2D eigenvalue weighted by Gasteiger charge is -2.14. The molecule has 4 heteroatoms. The monoisotopic (exact) mass is 192 g/mol. The lowest BCUT2D eigenvalue weighted by atomic mass is 10.3. The first-order valence-corrected chi connectivity index (χ1v) is 4.61. The third kappa shape index (κ3) is 1.69. The Bertz CT molecular complexity index is 319. The highest BCUT2D eigenvalue weighted by Gasteiger charge is 2.30.